The lowest BCUT2D eigenvalue weighted by atomic mass is 9.97. The molecule has 1 aromatic heterocycles. The van der Waals surface area contributed by atoms with Crippen LogP contribution in [0.25, 0.3) is 5.76 Å². The molecule has 0 aliphatic carbocycles. The summed E-state index contributed by atoms with van der Waals surface area (Å²) in [5.74, 6) is -0.484. The first kappa shape index (κ1) is 20.1. The molecular formula is C26H23NO5. The van der Waals surface area contributed by atoms with Crippen molar-refractivity contribution in [1.29, 1.82) is 0 Å². The normalized spacial score (nSPS) is 21.7. The van der Waals surface area contributed by atoms with E-state index in [0.29, 0.717) is 17.0 Å². The van der Waals surface area contributed by atoms with Crippen LogP contribution in [0.15, 0.2) is 64.8 Å². The van der Waals surface area contributed by atoms with Gasteiger partial charge in [-0.25, -0.2) is 0 Å². The summed E-state index contributed by atoms with van der Waals surface area (Å²) in [7, 11) is 0. The van der Waals surface area contributed by atoms with Crippen molar-refractivity contribution in [2.45, 2.75) is 39.3 Å². The number of anilines is 1. The van der Waals surface area contributed by atoms with E-state index in [1.54, 1.807) is 24.3 Å². The Morgan fingerprint density at radius 2 is 1.91 bits per heavy atom. The second-order valence-corrected chi connectivity index (χ2v) is 8.43. The Kier molecular flexibility index (Phi) is 4.66. The first-order valence-electron chi connectivity index (χ1n) is 10.6. The van der Waals surface area contributed by atoms with Crippen molar-refractivity contribution in [3.63, 3.8) is 0 Å². The van der Waals surface area contributed by atoms with Crippen LogP contribution in [0.2, 0.25) is 0 Å². The van der Waals surface area contributed by atoms with Crippen LogP contribution in [0, 0.1) is 13.8 Å². The minimum Gasteiger partial charge on any atom is -0.507 e. The molecule has 162 valence electrons. The summed E-state index contributed by atoms with van der Waals surface area (Å²) in [6.45, 7) is 5.84. The summed E-state index contributed by atoms with van der Waals surface area (Å²) in [4.78, 5) is 27.8. The molecule has 0 spiro atoms. The van der Waals surface area contributed by atoms with Crippen LogP contribution in [0.1, 0.15) is 41.0 Å². The number of amides is 1. The van der Waals surface area contributed by atoms with Crippen LogP contribution >= 0.6 is 0 Å². The van der Waals surface area contributed by atoms with Crippen molar-refractivity contribution >= 4 is 23.1 Å². The Bertz CT molecular complexity index is 1270. The number of rotatable bonds is 3. The molecule has 6 heteroatoms. The zero-order valence-corrected chi connectivity index (χ0v) is 18.1. The standard InChI is InChI=1S/C26H23NO5/c1-14-6-8-19(15(2)11-14)27-23(21-5-4-10-31-21)22(25(29)26(27)30)24(28)17-7-9-20-18(13-17)12-16(3)32-20/h4-11,13,16,23,28H,12H2,1-3H3/b24-22-. The molecule has 0 saturated carbocycles. The number of ether oxygens (including phenoxy) is 1. The molecule has 3 heterocycles. The van der Waals surface area contributed by atoms with E-state index >= 15 is 0 Å². The lowest BCUT2D eigenvalue weighted by Gasteiger charge is -2.25. The van der Waals surface area contributed by atoms with Gasteiger partial charge >= 0.3 is 0 Å². The van der Waals surface area contributed by atoms with Gasteiger partial charge in [0.2, 0.25) is 0 Å². The number of ketones is 1. The highest BCUT2D eigenvalue weighted by Crippen LogP contribution is 2.44. The zero-order valence-electron chi connectivity index (χ0n) is 18.1. The Morgan fingerprint density at radius 3 is 2.62 bits per heavy atom. The Morgan fingerprint density at radius 1 is 1.09 bits per heavy atom. The average molecular weight is 429 g/mol. The smallest absolute Gasteiger partial charge is 0.300 e. The Balaban J connectivity index is 1.68. The van der Waals surface area contributed by atoms with Gasteiger partial charge in [-0.1, -0.05) is 17.7 Å². The van der Waals surface area contributed by atoms with Crippen molar-refractivity contribution < 1.29 is 23.8 Å². The average Bonchev–Trinajstić information content (AvgIpc) is 3.46. The zero-order chi connectivity index (χ0) is 22.6. The monoisotopic (exact) mass is 429 g/mol. The summed E-state index contributed by atoms with van der Waals surface area (Å²) >= 11 is 0. The molecule has 32 heavy (non-hydrogen) atoms. The molecule has 1 N–H and O–H groups in total. The number of benzene rings is 2. The minimum absolute atomic E-state index is 0.0110. The quantitative estimate of drug-likeness (QED) is 0.366. The summed E-state index contributed by atoms with van der Waals surface area (Å²) < 4.78 is 11.4. The van der Waals surface area contributed by atoms with Gasteiger partial charge in [0.25, 0.3) is 11.7 Å². The number of fused-ring (bicyclic) bond motifs is 1. The summed E-state index contributed by atoms with van der Waals surface area (Å²) in [5, 5.41) is 11.3. The first-order valence-corrected chi connectivity index (χ1v) is 10.6. The Labute approximate surface area is 185 Å². The fourth-order valence-electron chi connectivity index (χ4n) is 4.60. The molecule has 1 fully saturated rings. The van der Waals surface area contributed by atoms with Crippen molar-refractivity contribution in [2.24, 2.45) is 0 Å². The van der Waals surface area contributed by atoms with E-state index in [0.717, 1.165) is 28.9 Å². The van der Waals surface area contributed by atoms with Crippen LogP contribution in [-0.2, 0) is 16.0 Å². The van der Waals surface area contributed by atoms with Crippen molar-refractivity contribution in [3.8, 4) is 5.75 Å². The molecule has 2 aliphatic heterocycles. The number of hydrogen-bond donors (Lipinski definition) is 1. The van der Waals surface area contributed by atoms with Gasteiger partial charge in [-0.15, -0.1) is 0 Å². The van der Waals surface area contributed by atoms with Crippen LogP contribution in [-0.4, -0.2) is 22.9 Å². The van der Waals surface area contributed by atoms with E-state index in [9.17, 15) is 14.7 Å². The van der Waals surface area contributed by atoms with Crippen LogP contribution in [0.3, 0.4) is 0 Å². The van der Waals surface area contributed by atoms with Crippen molar-refractivity contribution in [3.05, 3.63) is 88.4 Å². The van der Waals surface area contributed by atoms with Crippen LogP contribution in [0.5, 0.6) is 5.75 Å². The molecule has 0 bridgehead atoms. The van der Waals surface area contributed by atoms with E-state index in [1.165, 1.54) is 11.2 Å². The predicted molar refractivity (Wildman–Crippen MR) is 120 cm³/mol. The van der Waals surface area contributed by atoms with Crippen molar-refractivity contribution in [2.75, 3.05) is 4.90 Å². The SMILES string of the molecule is Cc1ccc(N2C(=O)C(=O)/C(=C(\O)c3ccc4c(c3)CC(C)O4)C2c2ccco2)c(C)c1. The molecule has 2 aliphatic rings. The van der Waals surface area contributed by atoms with Gasteiger partial charge in [0, 0.05) is 17.7 Å². The van der Waals surface area contributed by atoms with E-state index in [-0.39, 0.29) is 17.4 Å². The maximum absolute atomic E-state index is 13.2. The topological polar surface area (TPSA) is 80.0 Å². The fraction of sp³-hybridized carbons (Fsp3) is 0.231. The molecular weight excluding hydrogens is 406 g/mol. The molecule has 0 radical (unpaired) electrons. The van der Waals surface area contributed by atoms with E-state index in [4.69, 9.17) is 9.15 Å². The molecule has 6 nitrogen and oxygen atoms in total. The van der Waals surface area contributed by atoms with E-state index in [1.807, 2.05) is 45.0 Å². The van der Waals surface area contributed by atoms with E-state index < -0.39 is 17.7 Å². The number of aliphatic hydroxyl groups excluding tert-OH is 1. The van der Waals surface area contributed by atoms with Crippen LogP contribution in [0.4, 0.5) is 5.69 Å². The third kappa shape index (κ3) is 3.11. The fourth-order valence-corrected chi connectivity index (χ4v) is 4.60. The molecule has 2 atom stereocenters. The number of nitrogens with zero attached hydrogens (tertiary/aromatic N) is 1. The molecule has 1 saturated heterocycles. The number of carbonyl (C=O) groups is 2. The van der Waals surface area contributed by atoms with Gasteiger partial charge in [0.15, 0.2) is 0 Å². The van der Waals surface area contributed by atoms with Gasteiger partial charge in [0.1, 0.15) is 29.4 Å². The number of furan rings is 1. The van der Waals surface area contributed by atoms with Gasteiger partial charge < -0.3 is 14.3 Å². The first-order chi connectivity index (χ1) is 15.3. The van der Waals surface area contributed by atoms with Gasteiger partial charge in [-0.05, 0) is 68.3 Å². The largest absolute Gasteiger partial charge is 0.507 e. The number of hydrogen-bond acceptors (Lipinski definition) is 5. The minimum atomic E-state index is -0.866. The third-order valence-electron chi connectivity index (χ3n) is 6.04. The second-order valence-electron chi connectivity index (χ2n) is 8.43. The maximum atomic E-state index is 13.2. The molecule has 3 aromatic rings. The number of Topliss-reactive ketones (excluding diaryl/α,β-unsaturated/α-hetero) is 1. The lowest BCUT2D eigenvalue weighted by molar-refractivity contribution is -0.132. The highest BCUT2D eigenvalue weighted by Gasteiger charge is 2.48. The maximum Gasteiger partial charge on any atom is 0.300 e. The van der Waals surface area contributed by atoms with Crippen LogP contribution < -0.4 is 9.64 Å². The summed E-state index contributed by atoms with van der Waals surface area (Å²) in [6, 6.07) is 13.5. The van der Waals surface area contributed by atoms with Gasteiger partial charge in [-0.3, -0.25) is 14.5 Å². The second kappa shape index (κ2) is 7.41. The Hall–Kier alpha value is -3.80. The summed E-state index contributed by atoms with van der Waals surface area (Å²) in [6.07, 6.45) is 2.26. The highest BCUT2D eigenvalue weighted by atomic mass is 16.5. The third-order valence-corrected chi connectivity index (χ3v) is 6.04. The number of aliphatic hydroxyl groups is 1. The molecule has 2 aromatic carbocycles. The molecule has 5 rings (SSSR count). The lowest BCUT2D eigenvalue weighted by Crippen LogP contribution is -2.30. The van der Waals surface area contributed by atoms with Gasteiger partial charge in [0.05, 0.1) is 11.8 Å². The number of aryl methyl sites for hydroxylation is 2. The van der Waals surface area contributed by atoms with Crippen molar-refractivity contribution in [1.82, 2.24) is 0 Å². The predicted octanol–water partition coefficient (Wildman–Crippen LogP) is 4.85. The molecule has 1 amide bonds. The molecule has 2 unspecified atom stereocenters. The van der Waals surface area contributed by atoms with Gasteiger partial charge in [-0.2, -0.15) is 0 Å². The number of carbonyl (C=O) groups excluding carboxylic acids is 2. The highest BCUT2D eigenvalue weighted by molar-refractivity contribution is 6.51. The summed E-state index contributed by atoms with van der Waals surface area (Å²) in [5.41, 5.74) is 3.95. The van der Waals surface area contributed by atoms with E-state index in [2.05, 4.69) is 0 Å².